The summed E-state index contributed by atoms with van der Waals surface area (Å²) in [4.78, 5) is 39.0. The summed E-state index contributed by atoms with van der Waals surface area (Å²) in [5.41, 5.74) is 4.11. The molecule has 5 N–H and O–H groups in total. The second kappa shape index (κ2) is 17.8. The highest BCUT2D eigenvalue weighted by atomic mass is 35.5. The molecule has 0 heterocycles. The van der Waals surface area contributed by atoms with Gasteiger partial charge < -0.3 is 30.7 Å². The molecule has 0 saturated heterocycles. The first-order valence-electron chi connectivity index (χ1n) is 23.7. The van der Waals surface area contributed by atoms with E-state index in [1.54, 1.807) is 38.1 Å². The monoisotopic (exact) mass is 920 g/mol. The molecule has 4 unspecified atom stereocenters. The largest absolute Gasteiger partial charge is 0.504 e. The zero-order chi connectivity index (χ0) is 45.7. The van der Waals surface area contributed by atoms with Crippen LogP contribution in [0, 0.1) is 40.4 Å². The van der Waals surface area contributed by atoms with Gasteiger partial charge in [-0.15, -0.1) is 0 Å². The van der Waals surface area contributed by atoms with Crippen LogP contribution in [0.15, 0.2) is 84.9 Å². The highest BCUT2D eigenvalue weighted by molar-refractivity contribution is 6.30. The van der Waals surface area contributed by atoms with Gasteiger partial charge in [-0.05, 0) is 195 Å². The average molecular weight is 922 g/mol. The standard InChI is InChI=1S/C29H34ClNO4.C25H28ClNO3/c1-18(2)26(33)35-25-12-19(3-8-24(25)32)9-10-31-27(34)29-15-20-11-21(16-29)14-28(13-20,17-29)22-4-6-23(30)7-5-22;26-20-4-2-19(3-5-20)24-11-17-9-18(12-24)14-25(13-17,15-24)23(30)27-8-7-16-1-6-21(28)22(29)10-16/h3-8,12,18,20-21,32H,9-11,13-17H2,1-2H3,(H,31,34);1-6,10,17-18,28-29H,7-9,11-15H2,(H,27,30). The first-order chi connectivity index (χ1) is 31.1. The van der Waals surface area contributed by atoms with Crippen LogP contribution in [0.25, 0.3) is 0 Å². The van der Waals surface area contributed by atoms with E-state index in [0.29, 0.717) is 49.6 Å². The van der Waals surface area contributed by atoms with Crippen molar-refractivity contribution >= 4 is 41.0 Å². The van der Waals surface area contributed by atoms with E-state index in [1.807, 2.05) is 24.3 Å². The van der Waals surface area contributed by atoms with E-state index in [2.05, 4.69) is 34.9 Å². The summed E-state index contributed by atoms with van der Waals surface area (Å²) in [5.74, 6) is 2.02. The quantitative estimate of drug-likeness (QED) is 0.0540. The van der Waals surface area contributed by atoms with Crippen LogP contribution in [-0.4, -0.2) is 46.2 Å². The van der Waals surface area contributed by atoms with E-state index < -0.39 is 0 Å². The number of phenolic OH excluding ortho intramolecular Hbond substituents is 3. The predicted molar refractivity (Wildman–Crippen MR) is 252 cm³/mol. The molecule has 8 aliphatic carbocycles. The number of amides is 2. The lowest BCUT2D eigenvalue weighted by Crippen LogP contribution is -2.59. The lowest BCUT2D eigenvalue weighted by molar-refractivity contribution is -0.149. The van der Waals surface area contributed by atoms with Crippen LogP contribution in [-0.2, 0) is 38.1 Å². The molecule has 11 heteroatoms. The number of hydrogen-bond acceptors (Lipinski definition) is 7. The minimum atomic E-state index is -0.387. The Labute approximate surface area is 392 Å². The zero-order valence-corrected chi connectivity index (χ0v) is 39.0. The summed E-state index contributed by atoms with van der Waals surface area (Å²) in [6.45, 7) is 4.54. The van der Waals surface area contributed by atoms with Crippen molar-refractivity contribution in [3.8, 4) is 23.0 Å². The van der Waals surface area contributed by atoms with E-state index in [1.165, 1.54) is 61.8 Å². The van der Waals surface area contributed by atoms with Crippen LogP contribution in [0.2, 0.25) is 10.0 Å². The molecule has 12 rings (SSSR count). The van der Waals surface area contributed by atoms with Crippen LogP contribution >= 0.6 is 23.2 Å². The van der Waals surface area contributed by atoms with Gasteiger partial charge in [-0.1, -0.05) is 73.4 Å². The summed E-state index contributed by atoms with van der Waals surface area (Å²) in [7, 11) is 0. The summed E-state index contributed by atoms with van der Waals surface area (Å²) >= 11 is 12.3. The Kier molecular flexibility index (Phi) is 12.5. The van der Waals surface area contributed by atoms with Crippen molar-refractivity contribution in [1.29, 1.82) is 0 Å². The second-order valence-electron chi connectivity index (χ2n) is 21.3. The van der Waals surface area contributed by atoms with Gasteiger partial charge in [0.25, 0.3) is 0 Å². The van der Waals surface area contributed by atoms with Crippen molar-refractivity contribution < 1.29 is 34.4 Å². The third kappa shape index (κ3) is 9.21. The summed E-state index contributed by atoms with van der Waals surface area (Å²) in [5, 5.41) is 37.1. The van der Waals surface area contributed by atoms with Crippen LogP contribution in [0.3, 0.4) is 0 Å². The molecule has 0 radical (unpaired) electrons. The fraction of sp³-hybridized carbons (Fsp3) is 0.500. The van der Waals surface area contributed by atoms with E-state index in [9.17, 15) is 29.7 Å². The Morgan fingerprint density at radius 1 is 0.585 bits per heavy atom. The van der Waals surface area contributed by atoms with Gasteiger partial charge in [0.1, 0.15) is 0 Å². The van der Waals surface area contributed by atoms with Gasteiger partial charge >= 0.3 is 5.97 Å². The topological polar surface area (TPSA) is 145 Å². The van der Waals surface area contributed by atoms with Crippen LogP contribution in [0.4, 0.5) is 0 Å². The van der Waals surface area contributed by atoms with E-state index >= 15 is 0 Å². The van der Waals surface area contributed by atoms with Gasteiger partial charge in [-0.3, -0.25) is 14.4 Å². The highest BCUT2D eigenvalue weighted by Gasteiger charge is 2.62. The van der Waals surface area contributed by atoms with Gasteiger partial charge in [0, 0.05) is 23.1 Å². The second-order valence-corrected chi connectivity index (χ2v) is 22.1. The molecule has 0 aliphatic heterocycles. The molecule has 0 spiro atoms. The molecule has 8 fully saturated rings. The molecule has 8 aliphatic rings. The van der Waals surface area contributed by atoms with E-state index in [4.69, 9.17) is 27.9 Å². The van der Waals surface area contributed by atoms with Gasteiger partial charge in [-0.25, -0.2) is 0 Å². The lowest BCUT2D eigenvalue weighted by Gasteiger charge is -2.61. The Hall–Kier alpha value is -4.73. The van der Waals surface area contributed by atoms with Gasteiger partial charge in [-0.2, -0.15) is 0 Å². The molecule has 8 saturated carbocycles. The van der Waals surface area contributed by atoms with Crippen LogP contribution < -0.4 is 15.4 Å². The number of carbonyl (C=O) groups is 3. The van der Waals surface area contributed by atoms with Crippen molar-refractivity contribution in [2.45, 2.75) is 115 Å². The number of hydrogen-bond donors (Lipinski definition) is 5. The fourth-order valence-corrected chi connectivity index (χ4v) is 14.4. The number of rotatable bonds is 12. The number of phenols is 3. The van der Waals surface area contributed by atoms with Crippen molar-refractivity contribution in [1.82, 2.24) is 10.6 Å². The molecule has 2 amide bonds. The molecule has 65 heavy (non-hydrogen) atoms. The van der Waals surface area contributed by atoms with Gasteiger partial charge in [0.2, 0.25) is 11.8 Å². The number of benzene rings is 4. The SMILES string of the molecule is CC(C)C(=O)Oc1cc(CCNC(=O)C23CC4CC(C2)CC(c2ccc(Cl)cc2)(C4)C3)ccc1O.O=C(NCCc1ccc(O)c(O)c1)C12CC3CC(C1)CC(c1ccc(Cl)cc1)(C3)C2. The Morgan fingerprint density at radius 3 is 1.42 bits per heavy atom. The van der Waals surface area contributed by atoms with Gasteiger partial charge in [0.05, 0.1) is 16.7 Å². The third-order valence-electron chi connectivity index (χ3n) is 16.1. The van der Waals surface area contributed by atoms with Crippen molar-refractivity contribution in [2.24, 2.45) is 40.4 Å². The zero-order valence-electron chi connectivity index (χ0n) is 37.5. The minimum Gasteiger partial charge on any atom is -0.504 e. The molecule has 8 bridgehead atoms. The number of esters is 1. The normalized spacial score (nSPS) is 30.1. The summed E-state index contributed by atoms with van der Waals surface area (Å²) in [6, 6.07) is 26.4. The number of aromatic hydroxyl groups is 3. The molecule has 4 atom stereocenters. The first-order valence-corrected chi connectivity index (χ1v) is 24.4. The van der Waals surface area contributed by atoms with E-state index in [0.717, 1.165) is 59.7 Å². The maximum absolute atomic E-state index is 13.6. The first kappa shape index (κ1) is 45.4. The molecule has 344 valence electrons. The molecule has 4 aromatic rings. The third-order valence-corrected chi connectivity index (χ3v) is 16.6. The average Bonchev–Trinajstić information content (AvgIpc) is 3.25. The number of halogens is 2. The molecular weight excluding hydrogens is 860 g/mol. The Balaban J connectivity index is 0.000000166. The highest BCUT2D eigenvalue weighted by Crippen LogP contribution is 2.67. The predicted octanol–water partition coefficient (Wildman–Crippen LogP) is 10.8. The Bertz CT molecular complexity index is 2410. The molecule has 0 aromatic heterocycles. The summed E-state index contributed by atoms with van der Waals surface area (Å²) in [6.07, 6.45) is 14.3. The lowest BCUT2D eigenvalue weighted by atomic mass is 9.42. The molecule has 9 nitrogen and oxygen atoms in total. The molecule has 4 aromatic carbocycles. The minimum absolute atomic E-state index is 0.0622. The van der Waals surface area contributed by atoms with Crippen molar-refractivity contribution in [3.63, 3.8) is 0 Å². The maximum atomic E-state index is 13.6. The van der Waals surface area contributed by atoms with Gasteiger partial charge in [0.15, 0.2) is 23.0 Å². The number of carbonyl (C=O) groups excluding carboxylic acids is 3. The summed E-state index contributed by atoms with van der Waals surface area (Å²) < 4.78 is 5.32. The molecular formula is C54H62Cl2N2O7. The van der Waals surface area contributed by atoms with Crippen LogP contribution in [0.1, 0.15) is 113 Å². The fourth-order valence-electron chi connectivity index (χ4n) is 14.1. The van der Waals surface area contributed by atoms with Crippen molar-refractivity contribution in [2.75, 3.05) is 13.1 Å². The van der Waals surface area contributed by atoms with Crippen molar-refractivity contribution in [3.05, 3.63) is 117 Å². The van der Waals surface area contributed by atoms with Crippen LogP contribution in [0.5, 0.6) is 23.0 Å². The maximum Gasteiger partial charge on any atom is 0.313 e. The Morgan fingerprint density at radius 2 is 1.00 bits per heavy atom. The van der Waals surface area contributed by atoms with E-state index in [-0.39, 0.29) is 68.4 Å². The smallest absolute Gasteiger partial charge is 0.313 e. The number of nitrogens with one attached hydrogen (secondary N) is 2. The number of ether oxygens (including phenoxy) is 1.